The number of nitrogens with zero attached hydrogens (tertiary/aromatic N) is 2. The fourth-order valence-electron chi connectivity index (χ4n) is 3.03. The molecule has 2 heterocycles. The van der Waals surface area contributed by atoms with Crippen molar-refractivity contribution in [2.75, 3.05) is 5.32 Å². The lowest BCUT2D eigenvalue weighted by molar-refractivity contribution is 0.0383. The molecule has 0 aliphatic carbocycles. The molecule has 0 amide bonds. The van der Waals surface area contributed by atoms with Crippen molar-refractivity contribution in [2.45, 2.75) is 26.9 Å². The SMILES string of the molecule is Cc1c(C(=O)OC(C)C)sc2ncnc(Nc3ccccc3Oc3ccccc3)c12. The maximum Gasteiger partial charge on any atom is 0.348 e. The van der Waals surface area contributed by atoms with Crippen molar-refractivity contribution in [3.05, 3.63) is 71.4 Å². The van der Waals surface area contributed by atoms with Crippen LogP contribution in [0.2, 0.25) is 0 Å². The smallest absolute Gasteiger partial charge is 0.348 e. The van der Waals surface area contributed by atoms with Crippen molar-refractivity contribution in [2.24, 2.45) is 0 Å². The van der Waals surface area contributed by atoms with Gasteiger partial charge < -0.3 is 14.8 Å². The van der Waals surface area contributed by atoms with E-state index in [1.807, 2.05) is 75.4 Å². The molecule has 0 saturated heterocycles. The number of nitrogens with one attached hydrogen (secondary N) is 1. The van der Waals surface area contributed by atoms with Gasteiger partial charge in [0.25, 0.3) is 0 Å². The van der Waals surface area contributed by atoms with Gasteiger partial charge in [-0.3, -0.25) is 0 Å². The van der Waals surface area contributed by atoms with Crippen molar-refractivity contribution < 1.29 is 14.3 Å². The number of esters is 1. The third-order valence-corrected chi connectivity index (χ3v) is 5.55. The van der Waals surface area contributed by atoms with Gasteiger partial charge in [-0.1, -0.05) is 30.3 Å². The highest BCUT2D eigenvalue weighted by Crippen LogP contribution is 2.37. The van der Waals surface area contributed by atoms with Crippen LogP contribution in [0.15, 0.2) is 60.9 Å². The van der Waals surface area contributed by atoms with Crippen LogP contribution >= 0.6 is 11.3 Å². The third kappa shape index (κ3) is 4.11. The van der Waals surface area contributed by atoms with E-state index >= 15 is 0 Å². The minimum atomic E-state index is -0.343. The summed E-state index contributed by atoms with van der Waals surface area (Å²) in [6.07, 6.45) is 1.30. The highest BCUT2D eigenvalue weighted by atomic mass is 32.1. The van der Waals surface area contributed by atoms with Gasteiger partial charge in [-0.15, -0.1) is 11.3 Å². The summed E-state index contributed by atoms with van der Waals surface area (Å²) in [4.78, 5) is 22.5. The van der Waals surface area contributed by atoms with E-state index in [0.29, 0.717) is 16.4 Å². The predicted octanol–water partition coefficient (Wildman–Crippen LogP) is 6.10. The van der Waals surface area contributed by atoms with E-state index in [0.717, 1.165) is 27.2 Å². The van der Waals surface area contributed by atoms with Gasteiger partial charge in [0.05, 0.1) is 17.2 Å². The molecule has 152 valence electrons. The zero-order chi connectivity index (χ0) is 21.1. The van der Waals surface area contributed by atoms with E-state index < -0.39 is 0 Å². The number of aromatic nitrogens is 2. The molecule has 0 radical (unpaired) electrons. The fourth-order valence-corrected chi connectivity index (χ4v) is 4.06. The molecule has 7 heteroatoms. The number of ether oxygens (including phenoxy) is 2. The van der Waals surface area contributed by atoms with E-state index in [-0.39, 0.29) is 12.1 Å². The minimum absolute atomic E-state index is 0.187. The molecule has 0 saturated carbocycles. The number of thiophene rings is 1. The van der Waals surface area contributed by atoms with E-state index in [2.05, 4.69) is 15.3 Å². The molecule has 2 aromatic carbocycles. The molecule has 0 unspecified atom stereocenters. The van der Waals surface area contributed by atoms with Crippen LogP contribution in [0, 0.1) is 6.92 Å². The number of anilines is 2. The summed E-state index contributed by atoms with van der Waals surface area (Å²) < 4.78 is 11.4. The van der Waals surface area contributed by atoms with Crippen LogP contribution in [0.5, 0.6) is 11.5 Å². The van der Waals surface area contributed by atoms with Gasteiger partial charge in [-0.2, -0.15) is 0 Å². The summed E-state index contributed by atoms with van der Waals surface area (Å²) in [5.74, 6) is 1.68. The Kier molecular flexibility index (Phi) is 5.63. The van der Waals surface area contributed by atoms with Gasteiger partial charge in [0.1, 0.15) is 27.6 Å². The first-order valence-corrected chi connectivity index (χ1v) is 10.4. The molecule has 0 atom stereocenters. The number of hydrogen-bond acceptors (Lipinski definition) is 7. The van der Waals surface area contributed by atoms with Crippen LogP contribution in [0.25, 0.3) is 10.2 Å². The molecular weight excluding hydrogens is 398 g/mol. The van der Waals surface area contributed by atoms with Crippen molar-refractivity contribution in [3.63, 3.8) is 0 Å². The molecule has 30 heavy (non-hydrogen) atoms. The molecule has 0 fully saturated rings. The van der Waals surface area contributed by atoms with Gasteiger partial charge in [-0.25, -0.2) is 14.8 Å². The number of benzene rings is 2. The van der Waals surface area contributed by atoms with Crippen LogP contribution in [0.1, 0.15) is 29.1 Å². The number of hydrogen-bond donors (Lipinski definition) is 1. The Morgan fingerprint density at radius 3 is 2.53 bits per heavy atom. The zero-order valence-corrected chi connectivity index (χ0v) is 17.7. The van der Waals surface area contributed by atoms with Crippen LogP contribution in [0.3, 0.4) is 0 Å². The first-order valence-electron chi connectivity index (χ1n) is 9.57. The Morgan fingerprint density at radius 1 is 1.03 bits per heavy atom. The van der Waals surface area contributed by atoms with Gasteiger partial charge in [0.2, 0.25) is 0 Å². The predicted molar refractivity (Wildman–Crippen MR) is 119 cm³/mol. The summed E-state index contributed by atoms with van der Waals surface area (Å²) in [5.41, 5.74) is 1.56. The first-order chi connectivity index (χ1) is 14.5. The molecule has 0 spiro atoms. The molecule has 4 rings (SSSR count). The summed E-state index contributed by atoms with van der Waals surface area (Å²) in [7, 11) is 0. The number of carbonyl (C=O) groups is 1. The van der Waals surface area contributed by atoms with Crippen molar-refractivity contribution in [1.82, 2.24) is 9.97 Å². The number of fused-ring (bicyclic) bond motifs is 1. The lowest BCUT2D eigenvalue weighted by atomic mass is 10.2. The second-order valence-corrected chi connectivity index (χ2v) is 7.95. The second-order valence-electron chi connectivity index (χ2n) is 6.95. The maximum atomic E-state index is 12.5. The lowest BCUT2D eigenvalue weighted by Crippen LogP contribution is -2.11. The quantitative estimate of drug-likeness (QED) is 0.381. The normalized spacial score (nSPS) is 10.9. The van der Waals surface area contributed by atoms with Crippen LogP contribution in [-0.2, 0) is 4.74 Å². The van der Waals surface area contributed by atoms with Gasteiger partial charge in [0, 0.05) is 0 Å². The number of para-hydroxylation sites is 3. The largest absolute Gasteiger partial charge is 0.459 e. The average Bonchev–Trinajstić information content (AvgIpc) is 3.07. The summed E-state index contributed by atoms with van der Waals surface area (Å²) in [5, 5.41) is 4.15. The minimum Gasteiger partial charge on any atom is -0.459 e. The van der Waals surface area contributed by atoms with E-state index in [4.69, 9.17) is 9.47 Å². The van der Waals surface area contributed by atoms with Crippen molar-refractivity contribution >= 4 is 39.0 Å². The summed E-state index contributed by atoms with van der Waals surface area (Å²) >= 11 is 1.31. The van der Waals surface area contributed by atoms with Crippen LogP contribution < -0.4 is 10.1 Å². The van der Waals surface area contributed by atoms with Crippen LogP contribution in [0.4, 0.5) is 11.5 Å². The van der Waals surface area contributed by atoms with Gasteiger partial charge in [-0.05, 0) is 50.6 Å². The third-order valence-electron chi connectivity index (χ3n) is 4.37. The van der Waals surface area contributed by atoms with E-state index in [9.17, 15) is 4.79 Å². The van der Waals surface area contributed by atoms with Gasteiger partial charge >= 0.3 is 5.97 Å². The maximum absolute atomic E-state index is 12.5. The molecule has 0 aliphatic rings. The Hall–Kier alpha value is -3.45. The van der Waals surface area contributed by atoms with E-state index in [1.54, 1.807) is 0 Å². The van der Waals surface area contributed by atoms with Crippen molar-refractivity contribution in [3.8, 4) is 11.5 Å². The molecule has 6 nitrogen and oxygen atoms in total. The first kappa shape index (κ1) is 19.8. The molecule has 1 N–H and O–H groups in total. The van der Waals surface area contributed by atoms with E-state index in [1.165, 1.54) is 17.7 Å². The average molecular weight is 420 g/mol. The highest BCUT2D eigenvalue weighted by Gasteiger charge is 2.21. The number of carbonyl (C=O) groups excluding carboxylic acids is 1. The summed E-state index contributed by atoms with van der Waals surface area (Å²) in [6.45, 7) is 5.55. The Balaban J connectivity index is 1.70. The second kappa shape index (κ2) is 8.51. The Labute approximate surface area is 178 Å². The molecular formula is C23H21N3O3S. The Bertz CT molecular complexity index is 1190. The fraction of sp³-hybridized carbons (Fsp3) is 0.174. The molecule has 0 aliphatic heterocycles. The van der Waals surface area contributed by atoms with Crippen molar-refractivity contribution in [1.29, 1.82) is 0 Å². The lowest BCUT2D eigenvalue weighted by Gasteiger charge is -2.13. The summed E-state index contributed by atoms with van der Waals surface area (Å²) in [6, 6.07) is 17.2. The van der Waals surface area contributed by atoms with Gasteiger partial charge in [0.15, 0.2) is 5.75 Å². The molecule has 2 aromatic heterocycles. The monoisotopic (exact) mass is 419 g/mol. The highest BCUT2D eigenvalue weighted by molar-refractivity contribution is 7.20. The topological polar surface area (TPSA) is 73.3 Å². The number of rotatable bonds is 6. The molecule has 4 aromatic rings. The standard InChI is InChI=1S/C23H21N3O3S/c1-14(2)28-23(27)20-15(3)19-21(24-13-25-22(19)30-20)26-17-11-7-8-12-18(17)29-16-9-5-4-6-10-16/h4-14H,1-3H3,(H,24,25,26). The Morgan fingerprint density at radius 2 is 1.77 bits per heavy atom. The number of aryl methyl sites for hydroxylation is 1. The van der Waals surface area contributed by atoms with Crippen LogP contribution in [-0.4, -0.2) is 22.0 Å². The molecule has 0 bridgehead atoms. The zero-order valence-electron chi connectivity index (χ0n) is 16.9.